The van der Waals surface area contributed by atoms with Crippen LogP contribution in [0.1, 0.15) is 43.6 Å². The number of fused-ring (bicyclic) bond motifs is 2. The fourth-order valence-electron chi connectivity index (χ4n) is 4.98. The van der Waals surface area contributed by atoms with E-state index in [2.05, 4.69) is 29.6 Å². The first-order valence-corrected chi connectivity index (χ1v) is 12.4. The van der Waals surface area contributed by atoms with Gasteiger partial charge in [0.05, 0.1) is 0 Å². The Morgan fingerprint density at radius 1 is 0.853 bits per heavy atom. The molecular formula is C28H32N2O4. The summed E-state index contributed by atoms with van der Waals surface area (Å²) in [7, 11) is 2.00. The Labute approximate surface area is 199 Å². The summed E-state index contributed by atoms with van der Waals surface area (Å²) in [5.41, 5.74) is 7.64. The molecule has 34 heavy (non-hydrogen) atoms. The van der Waals surface area contributed by atoms with Gasteiger partial charge in [0.15, 0.2) is 0 Å². The van der Waals surface area contributed by atoms with Crippen LogP contribution in [0, 0.1) is 0 Å². The van der Waals surface area contributed by atoms with Gasteiger partial charge in [-0.1, -0.05) is 0 Å². The Hall–Kier alpha value is -2.96. The van der Waals surface area contributed by atoms with Gasteiger partial charge in [0.1, 0.15) is 46.4 Å². The van der Waals surface area contributed by atoms with Crippen LogP contribution in [0.2, 0.25) is 0 Å². The Kier molecular flexibility index (Phi) is 5.71. The van der Waals surface area contributed by atoms with Crippen LogP contribution in [0.15, 0.2) is 57.4 Å². The molecule has 2 fully saturated rings. The van der Waals surface area contributed by atoms with Crippen LogP contribution in [0.5, 0.6) is 11.5 Å². The minimum absolute atomic E-state index is 0.233. The number of furan rings is 2. The number of rotatable bonds is 9. The number of nitrogens with two attached hydrogens (primary N) is 1. The third-order valence-corrected chi connectivity index (χ3v) is 7.23. The molecule has 6 heteroatoms. The van der Waals surface area contributed by atoms with E-state index in [9.17, 15) is 0 Å². The summed E-state index contributed by atoms with van der Waals surface area (Å²) in [6.07, 6.45) is 7.31. The highest BCUT2D eigenvalue weighted by Crippen LogP contribution is 2.31. The highest BCUT2D eigenvalue weighted by Gasteiger charge is 2.31. The van der Waals surface area contributed by atoms with Gasteiger partial charge in [0.2, 0.25) is 0 Å². The van der Waals surface area contributed by atoms with Crippen molar-refractivity contribution in [3.05, 3.63) is 60.1 Å². The molecule has 2 atom stereocenters. The molecule has 4 aromatic rings. The van der Waals surface area contributed by atoms with Crippen molar-refractivity contribution in [2.75, 3.05) is 7.05 Å². The molecule has 2 saturated carbocycles. The van der Waals surface area contributed by atoms with E-state index in [1.165, 1.54) is 6.42 Å². The topological polar surface area (TPSA) is 82.8 Å². The monoisotopic (exact) mass is 460 g/mol. The summed E-state index contributed by atoms with van der Waals surface area (Å²) in [6.45, 7) is 0. The molecule has 2 aromatic carbocycles. The summed E-state index contributed by atoms with van der Waals surface area (Å²) in [4.78, 5) is 0. The third-order valence-electron chi connectivity index (χ3n) is 7.23. The van der Waals surface area contributed by atoms with Gasteiger partial charge in [-0.3, -0.25) is 0 Å². The minimum atomic E-state index is 0.233. The molecule has 2 aromatic heterocycles. The lowest BCUT2D eigenvalue weighted by Gasteiger charge is -2.36. The molecule has 0 radical (unpaired) electrons. The van der Waals surface area contributed by atoms with Crippen molar-refractivity contribution in [1.29, 1.82) is 0 Å². The van der Waals surface area contributed by atoms with Gasteiger partial charge in [0, 0.05) is 41.8 Å². The van der Waals surface area contributed by atoms with Gasteiger partial charge in [-0.05, 0) is 81.6 Å². The average molecular weight is 461 g/mol. The zero-order valence-corrected chi connectivity index (χ0v) is 19.6. The third kappa shape index (κ3) is 4.40. The van der Waals surface area contributed by atoms with E-state index < -0.39 is 0 Å². The second-order valence-electron chi connectivity index (χ2n) is 9.78. The van der Waals surface area contributed by atoms with E-state index in [0.717, 1.165) is 83.5 Å². The van der Waals surface area contributed by atoms with Crippen molar-refractivity contribution >= 4 is 21.9 Å². The number of ether oxygens (including phenoxy) is 2. The van der Waals surface area contributed by atoms with Gasteiger partial charge in [-0.25, -0.2) is 0 Å². The Bertz CT molecular complexity index is 1280. The van der Waals surface area contributed by atoms with E-state index in [-0.39, 0.29) is 18.2 Å². The van der Waals surface area contributed by atoms with Crippen LogP contribution in [0.3, 0.4) is 0 Å². The maximum absolute atomic E-state index is 6.15. The summed E-state index contributed by atoms with van der Waals surface area (Å²) in [5, 5.41) is 5.51. The number of aryl methyl sites for hydroxylation is 2. The molecule has 6 nitrogen and oxygen atoms in total. The zero-order chi connectivity index (χ0) is 23.1. The normalized spacial score (nSPS) is 24.2. The standard InChI is InChI=1S/C28H32N2O4/c1-30-25-8-10-27(25)33-22-7-9-26-18(13-22)12-21(32-26)4-2-3-20-11-17-5-6-23(16-28(17)34-20)31-24-14-19(29)15-24/h5-7,9,11-13,16,19,24-25,27,30H,2-4,8,10,14-15,29H2,1H3/t19?,24?,25-,27-/m0/s1. The van der Waals surface area contributed by atoms with Crippen molar-refractivity contribution in [3.8, 4) is 11.5 Å². The SMILES string of the molecule is CN[C@H]1CC[C@@H]1Oc1ccc2oc(CCCc3cc4ccc(OC5CC(N)C5)cc4o3)cc2c1. The molecule has 6 rings (SSSR count). The van der Waals surface area contributed by atoms with Gasteiger partial charge >= 0.3 is 0 Å². The average Bonchev–Trinajstić information content (AvgIpc) is 3.38. The van der Waals surface area contributed by atoms with Crippen molar-refractivity contribution in [3.63, 3.8) is 0 Å². The van der Waals surface area contributed by atoms with E-state index in [0.29, 0.717) is 6.04 Å². The predicted octanol–water partition coefficient (Wildman–Crippen LogP) is 5.35. The molecular weight excluding hydrogens is 428 g/mol. The molecule has 0 aliphatic heterocycles. The van der Waals surface area contributed by atoms with Gasteiger partial charge in [-0.2, -0.15) is 0 Å². The molecule has 0 unspecified atom stereocenters. The molecule has 0 spiro atoms. The second kappa shape index (κ2) is 9.01. The van der Waals surface area contributed by atoms with Crippen LogP contribution in [-0.4, -0.2) is 31.3 Å². The molecule has 0 saturated heterocycles. The first kappa shape index (κ1) is 21.6. The smallest absolute Gasteiger partial charge is 0.137 e. The number of hydrogen-bond donors (Lipinski definition) is 2. The lowest BCUT2D eigenvalue weighted by atomic mass is 9.89. The number of hydrogen-bond acceptors (Lipinski definition) is 6. The van der Waals surface area contributed by atoms with Crippen LogP contribution in [0.25, 0.3) is 21.9 Å². The number of likely N-dealkylation sites (N-methyl/N-ethyl adjacent to an activating group) is 1. The van der Waals surface area contributed by atoms with Crippen molar-refractivity contribution < 1.29 is 18.3 Å². The molecule has 3 N–H and O–H groups in total. The fraction of sp³-hybridized carbons (Fsp3) is 0.429. The molecule has 0 bridgehead atoms. The summed E-state index contributed by atoms with van der Waals surface area (Å²) in [6, 6.07) is 17.2. The zero-order valence-electron chi connectivity index (χ0n) is 19.6. The lowest BCUT2D eigenvalue weighted by molar-refractivity contribution is 0.0772. The van der Waals surface area contributed by atoms with Crippen LogP contribution >= 0.6 is 0 Å². The molecule has 2 aliphatic rings. The van der Waals surface area contributed by atoms with Crippen LogP contribution in [0.4, 0.5) is 0 Å². The summed E-state index contributed by atoms with van der Waals surface area (Å²) in [5.74, 6) is 3.75. The molecule has 2 heterocycles. The fourth-order valence-corrected chi connectivity index (χ4v) is 4.98. The van der Waals surface area contributed by atoms with Gasteiger partial charge in [-0.15, -0.1) is 0 Å². The Morgan fingerprint density at radius 2 is 1.59 bits per heavy atom. The first-order valence-electron chi connectivity index (χ1n) is 12.4. The Morgan fingerprint density at radius 3 is 2.32 bits per heavy atom. The quantitative estimate of drug-likeness (QED) is 0.350. The van der Waals surface area contributed by atoms with Crippen molar-refractivity contribution in [2.45, 2.75) is 69.2 Å². The molecule has 2 aliphatic carbocycles. The minimum Gasteiger partial charge on any atom is -0.490 e. The van der Waals surface area contributed by atoms with Gasteiger partial charge in [0.25, 0.3) is 0 Å². The van der Waals surface area contributed by atoms with E-state index in [4.69, 9.17) is 24.0 Å². The van der Waals surface area contributed by atoms with Crippen LogP contribution < -0.4 is 20.5 Å². The Balaban J connectivity index is 1.05. The second-order valence-corrected chi connectivity index (χ2v) is 9.78. The van der Waals surface area contributed by atoms with Gasteiger partial charge < -0.3 is 29.4 Å². The first-order chi connectivity index (χ1) is 16.6. The van der Waals surface area contributed by atoms with Crippen molar-refractivity contribution in [2.24, 2.45) is 5.73 Å². The molecule has 178 valence electrons. The predicted molar refractivity (Wildman–Crippen MR) is 133 cm³/mol. The highest BCUT2D eigenvalue weighted by molar-refractivity contribution is 5.80. The number of nitrogens with one attached hydrogen (secondary N) is 1. The maximum Gasteiger partial charge on any atom is 0.137 e. The number of benzene rings is 2. The lowest BCUT2D eigenvalue weighted by Crippen LogP contribution is -2.49. The summed E-state index contributed by atoms with van der Waals surface area (Å²) < 4.78 is 24.3. The largest absolute Gasteiger partial charge is 0.490 e. The van der Waals surface area contributed by atoms with E-state index in [1.54, 1.807) is 0 Å². The van der Waals surface area contributed by atoms with E-state index >= 15 is 0 Å². The highest BCUT2D eigenvalue weighted by atomic mass is 16.5. The molecule has 0 amide bonds. The van der Waals surface area contributed by atoms with E-state index in [1.807, 2.05) is 31.3 Å². The van der Waals surface area contributed by atoms with Crippen molar-refractivity contribution in [1.82, 2.24) is 5.32 Å². The summed E-state index contributed by atoms with van der Waals surface area (Å²) >= 11 is 0. The maximum atomic E-state index is 6.15. The van der Waals surface area contributed by atoms with Crippen LogP contribution in [-0.2, 0) is 12.8 Å².